The van der Waals surface area contributed by atoms with Crippen LogP contribution in [0.15, 0.2) is 6.20 Å². The topological polar surface area (TPSA) is 30.3 Å². The van der Waals surface area contributed by atoms with E-state index in [4.69, 9.17) is 4.74 Å². The van der Waals surface area contributed by atoms with E-state index >= 15 is 0 Å². The zero-order valence-corrected chi connectivity index (χ0v) is 14.7. The Hall–Kier alpha value is -1.03. The van der Waals surface area contributed by atoms with Gasteiger partial charge in [-0.2, -0.15) is 0 Å². The molecule has 1 aliphatic heterocycles. The SMILES string of the molecule is COc1nn(C2CCN(C(C)(C)C)CC2)cc1C(C)(C)C. The summed E-state index contributed by atoms with van der Waals surface area (Å²) in [6, 6.07) is 0.494. The lowest BCUT2D eigenvalue weighted by molar-refractivity contribution is 0.0867. The van der Waals surface area contributed by atoms with Crippen molar-refractivity contribution in [2.75, 3.05) is 20.2 Å². The molecule has 0 unspecified atom stereocenters. The average molecular weight is 293 g/mol. The van der Waals surface area contributed by atoms with Gasteiger partial charge in [0, 0.05) is 30.4 Å². The highest BCUT2D eigenvalue weighted by molar-refractivity contribution is 5.30. The smallest absolute Gasteiger partial charge is 0.236 e. The number of rotatable bonds is 2. The second-order valence-electron chi connectivity index (χ2n) is 8.17. The monoisotopic (exact) mass is 293 g/mol. The molecule has 0 spiro atoms. The average Bonchev–Trinajstić information content (AvgIpc) is 2.82. The van der Waals surface area contributed by atoms with E-state index in [9.17, 15) is 0 Å². The summed E-state index contributed by atoms with van der Waals surface area (Å²) in [5, 5.41) is 4.68. The van der Waals surface area contributed by atoms with Crippen LogP contribution in [0.2, 0.25) is 0 Å². The van der Waals surface area contributed by atoms with E-state index in [1.54, 1.807) is 7.11 Å². The molecule has 0 aliphatic carbocycles. The highest BCUT2D eigenvalue weighted by Crippen LogP contribution is 2.33. The molecule has 4 nitrogen and oxygen atoms in total. The minimum absolute atomic E-state index is 0.0652. The number of aromatic nitrogens is 2. The molecule has 0 aromatic carbocycles. The standard InChI is InChI=1S/C17H31N3O/c1-16(2,3)14-12-20(18-15(14)21-7)13-8-10-19(11-9-13)17(4,5)6/h12-13H,8-11H2,1-7H3. The van der Waals surface area contributed by atoms with Crippen molar-refractivity contribution in [1.29, 1.82) is 0 Å². The van der Waals surface area contributed by atoms with Gasteiger partial charge in [0.2, 0.25) is 5.88 Å². The molecule has 0 amide bonds. The van der Waals surface area contributed by atoms with Crippen molar-refractivity contribution in [2.24, 2.45) is 0 Å². The fourth-order valence-corrected chi connectivity index (χ4v) is 3.03. The number of likely N-dealkylation sites (tertiary alicyclic amines) is 1. The molecular weight excluding hydrogens is 262 g/mol. The second kappa shape index (κ2) is 5.64. The van der Waals surface area contributed by atoms with Gasteiger partial charge in [-0.05, 0) is 39.0 Å². The van der Waals surface area contributed by atoms with Gasteiger partial charge in [-0.25, -0.2) is 0 Å². The summed E-state index contributed by atoms with van der Waals surface area (Å²) in [6.07, 6.45) is 4.51. The molecule has 120 valence electrons. The lowest BCUT2D eigenvalue weighted by Crippen LogP contribution is -2.46. The molecule has 0 bridgehead atoms. The molecule has 1 fully saturated rings. The normalized spacial score (nSPS) is 19.0. The summed E-state index contributed by atoms with van der Waals surface area (Å²) in [4.78, 5) is 2.56. The van der Waals surface area contributed by atoms with Crippen molar-refractivity contribution >= 4 is 0 Å². The van der Waals surface area contributed by atoms with E-state index < -0.39 is 0 Å². The molecule has 0 atom stereocenters. The highest BCUT2D eigenvalue weighted by Gasteiger charge is 2.30. The summed E-state index contributed by atoms with van der Waals surface area (Å²) in [6.45, 7) is 15.8. The Kier molecular flexibility index (Phi) is 4.39. The first kappa shape index (κ1) is 16.3. The molecule has 1 saturated heterocycles. The third kappa shape index (κ3) is 3.60. The Morgan fingerprint density at radius 1 is 1.10 bits per heavy atom. The Morgan fingerprint density at radius 3 is 2.05 bits per heavy atom. The summed E-state index contributed by atoms with van der Waals surface area (Å²) in [5.41, 5.74) is 1.53. The first-order valence-electron chi connectivity index (χ1n) is 8.01. The molecule has 0 radical (unpaired) electrons. The predicted molar refractivity (Wildman–Crippen MR) is 87.1 cm³/mol. The van der Waals surface area contributed by atoms with Gasteiger partial charge in [0.05, 0.1) is 13.2 Å². The maximum absolute atomic E-state index is 5.48. The summed E-state index contributed by atoms with van der Waals surface area (Å²) in [5.74, 6) is 0.778. The van der Waals surface area contributed by atoms with Crippen LogP contribution >= 0.6 is 0 Å². The van der Waals surface area contributed by atoms with Crippen molar-refractivity contribution < 1.29 is 4.74 Å². The molecule has 0 N–H and O–H groups in total. The fourth-order valence-electron chi connectivity index (χ4n) is 3.03. The third-order valence-electron chi connectivity index (χ3n) is 4.49. The largest absolute Gasteiger partial charge is 0.480 e. The number of ether oxygens (including phenoxy) is 1. The highest BCUT2D eigenvalue weighted by atomic mass is 16.5. The second-order valence-corrected chi connectivity index (χ2v) is 8.17. The van der Waals surface area contributed by atoms with E-state index in [0.717, 1.165) is 31.8 Å². The first-order chi connectivity index (χ1) is 9.63. The van der Waals surface area contributed by atoms with Crippen LogP contribution in [0.5, 0.6) is 5.88 Å². The third-order valence-corrected chi connectivity index (χ3v) is 4.49. The molecular formula is C17H31N3O. The van der Waals surface area contributed by atoms with Gasteiger partial charge in [0.15, 0.2) is 0 Å². The van der Waals surface area contributed by atoms with Gasteiger partial charge in [-0.1, -0.05) is 20.8 Å². The maximum Gasteiger partial charge on any atom is 0.236 e. The molecule has 2 heterocycles. The molecule has 4 heteroatoms. The van der Waals surface area contributed by atoms with Crippen molar-refractivity contribution in [2.45, 2.75) is 71.4 Å². The van der Waals surface area contributed by atoms with Crippen LogP contribution in [0.25, 0.3) is 0 Å². The predicted octanol–water partition coefficient (Wildman–Crippen LogP) is 3.62. The van der Waals surface area contributed by atoms with E-state index in [1.165, 1.54) is 5.56 Å². The molecule has 1 aromatic heterocycles. The van der Waals surface area contributed by atoms with Crippen LogP contribution in [0.3, 0.4) is 0 Å². The van der Waals surface area contributed by atoms with Gasteiger partial charge in [0.25, 0.3) is 0 Å². The minimum atomic E-state index is 0.0652. The van der Waals surface area contributed by atoms with Crippen molar-refractivity contribution in [3.63, 3.8) is 0 Å². The van der Waals surface area contributed by atoms with Crippen LogP contribution in [0, 0.1) is 0 Å². The van der Waals surface area contributed by atoms with E-state index in [2.05, 4.69) is 62.4 Å². The fraction of sp³-hybridized carbons (Fsp3) is 0.824. The van der Waals surface area contributed by atoms with Gasteiger partial charge in [-0.15, -0.1) is 5.10 Å². The van der Waals surface area contributed by atoms with Gasteiger partial charge in [-0.3, -0.25) is 9.58 Å². The summed E-state index contributed by atoms with van der Waals surface area (Å²) < 4.78 is 7.61. The van der Waals surface area contributed by atoms with Gasteiger partial charge < -0.3 is 4.74 Å². The number of nitrogens with zero attached hydrogens (tertiary/aromatic N) is 3. The number of hydrogen-bond acceptors (Lipinski definition) is 3. The van der Waals surface area contributed by atoms with E-state index in [0.29, 0.717) is 6.04 Å². The summed E-state index contributed by atoms with van der Waals surface area (Å²) in [7, 11) is 1.71. The number of methoxy groups -OCH3 is 1. The number of piperidine rings is 1. The lowest BCUT2D eigenvalue weighted by atomic mass is 9.89. The van der Waals surface area contributed by atoms with Crippen molar-refractivity contribution in [3.8, 4) is 5.88 Å². The number of hydrogen-bond donors (Lipinski definition) is 0. The maximum atomic E-state index is 5.48. The van der Waals surface area contributed by atoms with Gasteiger partial charge in [0.1, 0.15) is 0 Å². The summed E-state index contributed by atoms with van der Waals surface area (Å²) >= 11 is 0. The first-order valence-corrected chi connectivity index (χ1v) is 8.01. The zero-order valence-electron chi connectivity index (χ0n) is 14.7. The quantitative estimate of drug-likeness (QED) is 0.834. The Labute approximate surface area is 129 Å². The Bertz CT molecular complexity index is 471. The lowest BCUT2D eigenvalue weighted by Gasteiger charge is -2.40. The molecule has 21 heavy (non-hydrogen) atoms. The van der Waals surface area contributed by atoms with E-state index in [1.807, 2.05) is 0 Å². The zero-order chi connectivity index (χ0) is 15.8. The van der Waals surface area contributed by atoms with Crippen molar-refractivity contribution in [3.05, 3.63) is 11.8 Å². The van der Waals surface area contributed by atoms with Crippen LogP contribution in [0.1, 0.15) is 66.0 Å². The van der Waals surface area contributed by atoms with Crippen molar-refractivity contribution in [1.82, 2.24) is 14.7 Å². The minimum Gasteiger partial charge on any atom is -0.480 e. The van der Waals surface area contributed by atoms with Crippen LogP contribution < -0.4 is 4.74 Å². The van der Waals surface area contributed by atoms with Crippen LogP contribution in [-0.2, 0) is 5.41 Å². The Morgan fingerprint density at radius 2 is 1.67 bits per heavy atom. The molecule has 1 aromatic rings. The van der Waals surface area contributed by atoms with E-state index in [-0.39, 0.29) is 11.0 Å². The molecule has 1 aliphatic rings. The van der Waals surface area contributed by atoms with Gasteiger partial charge >= 0.3 is 0 Å². The molecule has 0 saturated carbocycles. The van der Waals surface area contributed by atoms with Crippen LogP contribution in [0.4, 0.5) is 0 Å². The molecule has 2 rings (SSSR count). The van der Waals surface area contributed by atoms with Crippen LogP contribution in [-0.4, -0.2) is 40.4 Å². The Balaban J connectivity index is 2.13.